The van der Waals surface area contributed by atoms with Crippen LogP contribution in [0, 0.1) is 0 Å². The molecule has 2 N–H and O–H groups in total. The monoisotopic (exact) mass is 226 g/mol. The molecule has 0 radical (unpaired) electrons. The van der Waals surface area contributed by atoms with Crippen LogP contribution in [0.15, 0.2) is 18.5 Å². The molecule has 0 saturated heterocycles. The third-order valence-corrected chi connectivity index (χ3v) is 2.01. The quantitative estimate of drug-likeness (QED) is 0.657. The van der Waals surface area contributed by atoms with Gasteiger partial charge >= 0.3 is 0 Å². The molecule has 0 saturated carbocycles. The average Bonchev–Trinajstić information content (AvgIpc) is 2.34. The maximum Gasteiger partial charge on any atom is 0.142 e. The second-order valence-electron chi connectivity index (χ2n) is 3.14. The molecule has 1 aromatic rings. The van der Waals surface area contributed by atoms with Gasteiger partial charge in [0.05, 0.1) is 26.0 Å². The van der Waals surface area contributed by atoms with E-state index in [0.717, 1.165) is 11.3 Å². The average molecular weight is 226 g/mol. The maximum absolute atomic E-state index is 5.57. The Balaban J connectivity index is 2.21. The summed E-state index contributed by atoms with van der Waals surface area (Å²) in [5, 5.41) is 0. The summed E-state index contributed by atoms with van der Waals surface area (Å²) in [6.45, 7) is 2.64. The van der Waals surface area contributed by atoms with Crippen molar-refractivity contribution in [1.82, 2.24) is 4.98 Å². The Morgan fingerprint density at radius 1 is 1.25 bits per heavy atom. The van der Waals surface area contributed by atoms with Crippen LogP contribution in [0.4, 0.5) is 0 Å². The highest BCUT2D eigenvalue weighted by Gasteiger charge is 2.00. The number of hydrogen-bond acceptors (Lipinski definition) is 5. The molecule has 0 unspecified atom stereocenters. The van der Waals surface area contributed by atoms with Crippen molar-refractivity contribution in [1.29, 1.82) is 0 Å². The molecule has 5 heteroatoms. The summed E-state index contributed by atoms with van der Waals surface area (Å²) in [4.78, 5) is 3.98. The summed E-state index contributed by atoms with van der Waals surface area (Å²) in [5.41, 5.74) is 6.52. The van der Waals surface area contributed by atoms with E-state index in [1.165, 1.54) is 0 Å². The Hall–Kier alpha value is -1.17. The number of aromatic nitrogens is 1. The minimum absolute atomic E-state index is 0.447. The van der Waals surface area contributed by atoms with E-state index >= 15 is 0 Å². The van der Waals surface area contributed by atoms with Crippen molar-refractivity contribution in [3.63, 3.8) is 0 Å². The van der Waals surface area contributed by atoms with Gasteiger partial charge in [-0.2, -0.15) is 0 Å². The third kappa shape index (κ3) is 4.57. The van der Waals surface area contributed by atoms with Crippen LogP contribution in [0.1, 0.15) is 5.56 Å². The standard InChI is InChI=1S/C11H18N2O3/c1-14-4-5-15-6-7-16-11-9-13-3-2-10(11)8-12/h2-3,9H,4-8,12H2,1H3. The summed E-state index contributed by atoms with van der Waals surface area (Å²) >= 11 is 0. The van der Waals surface area contributed by atoms with Crippen molar-refractivity contribution < 1.29 is 14.2 Å². The predicted molar refractivity (Wildman–Crippen MR) is 60.3 cm³/mol. The molecule has 1 aromatic heterocycles. The SMILES string of the molecule is COCCOCCOc1cnccc1CN. The van der Waals surface area contributed by atoms with Crippen molar-refractivity contribution in [2.45, 2.75) is 6.54 Å². The normalized spacial score (nSPS) is 10.4. The highest BCUT2D eigenvalue weighted by molar-refractivity contribution is 5.29. The Morgan fingerprint density at radius 2 is 2.06 bits per heavy atom. The van der Waals surface area contributed by atoms with Crippen molar-refractivity contribution in [3.8, 4) is 5.75 Å². The molecule has 0 aromatic carbocycles. The number of nitrogens with two attached hydrogens (primary N) is 1. The van der Waals surface area contributed by atoms with E-state index in [1.807, 2.05) is 6.07 Å². The lowest BCUT2D eigenvalue weighted by atomic mass is 10.2. The Kier molecular flexibility index (Phi) is 6.48. The first-order chi connectivity index (χ1) is 7.88. The Labute approximate surface area is 95.5 Å². The van der Waals surface area contributed by atoms with E-state index in [-0.39, 0.29) is 0 Å². The maximum atomic E-state index is 5.57. The summed E-state index contributed by atoms with van der Waals surface area (Å²) in [6, 6.07) is 1.85. The molecule has 90 valence electrons. The van der Waals surface area contributed by atoms with E-state index in [9.17, 15) is 0 Å². The van der Waals surface area contributed by atoms with Crippen LogP contribution in [0.25, 0.3) is 0 Å². The lowest BCUT2D eigenvalue weighted by Gasteiger charge is -2.09. The van der Waals surface area contributed by atoms with E-state index in [0.29, 0.717) is 33.0 Å². The summed E-state index contributed by atoms with van der Waals surface area (Å²) in [7, 11) is 1.64. The molecule has 1 heterocycles. The van der Waals surface area contributed by atoms with Gasteiger partial charge in [-0.25, -0.2) is 0 Å². The van der Waals surface area contributed by atoms with Crippen LogP contribution < -0.4 is 10.5 Å². The fraction of sp³-hybridized carbons (Fsp3) is 0.545. The molecule has 5 nitrogen and oxygen atoms in total. The van der Waals surface area contributed by atoms with Gasteiger partial charge in [0, 0.05) is 25.4 Å². The van der Waals surface area contributed by atoms with Gasteiger partial charge < -0.3 is 19.9 Å². The molecule has 0 aliphatic carbocycles. The van der Waals surface area contributed by atoms with Gasteiger partial charge in [0.1, 0.15) is 12.4 Å². The van der Waals surface area contributed by atoms with E-state index in [4.69, 9.17) is 19.9 Å². The molecule has 0 aliphatic heterocycles. The minimum Gasteiger partial charge on any atom is -0.489 e. The van der Waals surface area contributed by atoms with Crippen molar-refractivity contribution in [2.75, 3.05) is 33.5 Å². The smallest absolute Gasteiger partial charge is 0.142 e. The lowest BCUT2D eigenvalue weighted by Crippen LogP contribution is -2.11. The topological polar surface area (TPSA) is 66.6 Å². The number of nitrogens with zero attached hydrogens (tertiary/aromatic N) is 1. The largest absolute Gasteiger partial charge is 0.489 e. The van der Waals surface area contributed by atoms with Crippen molar-refractivity contribution in [2.24, 2.45) is 5.73 Å². The van der Waals surface area contributed by atoms with E-state index in [1.54, 1.807) is 19.5 Å². The van der Waals surface area contributed by atoms with Crippen LogP contribution in [0.5, 0.6) is 5.75 Å². The Bertz CT molecular complexity index is 294. The van der Waals surface area contributed by atoms with Crippen molar-refractivity contribution >= 4 is 0 Å². The summed E-state index contributed by atoms with van der Waals surface area (Å²) in [6.07, 6.45) is 3.36. The second-order valence-corrected chi connectivity index (χ2v) is 3.14. The summed E-state index contributed by atoms with van der Waals surface area (Å²) < 4.78 is 15.6. The fourth-order valence-corrected chi connectivity index (χ4v) is 1.16. The van der Waals surface area contributed by atoms with Crippen LogP contribution in [0.3, 0.4) is 0 Å². The molecule has 0 fully saturated rings. The predicted octanol–water partition coefficient (Wildman–Crippen LogP) is 0.582. The van der Waals surface area contributed by atoms with E-state index < -0.39 is 0 Å². The second kappa shape index (κ2) is 8.04. The molecular formula is C11H18N2O3. The third-order valence-electron chi connectivity index (χ3n) is 2.01. The number of rotatable bonds is 8. The molecular weight excluding hydrogens is 208 g/mol. The van der Waals surface area contributed by atoms with Crippen LogP contribution >= 0.6 is 0 Å². The van der Waals surface area contributed by atoms with Gasteiger partial charge in [-0.1, -0.05) is 0 Å². The first-order valence-electron chi connectivity index (χ1n) is 5.21. The molecule has 1 rings (SSSR count). The van der Waals surface area contributed by atoms with Crippen LogP contribution in [-0.2, 0) is 16.0 Å². The highest BCUT2D eigenvalue weighted by Crippen LogP contribution is 2.14. The van der Waals surface area contributed by atoms with Gasteiger partial charge in [0.15, 0.2) is 0 Å². The first kappa shape index (κ1) is 12.9. The molecule has 16 heavy (non-hydrogen) atoms. The summed E-state index contributed by atoms with van der Waals surface area (Å²) in [5.74, 6) is 0.723. The van der Waals surface area contributed by atoms with Crippen LogP contribution in [-0.4, -0.2) is 38.5 Å². The molecule has 0 aliphatic rings. The van der Waals surface area contributed by atoms with Gasteiger partial charge in [0.2, 0.25) is 0 Å². The van der Waals surface area contributed by atoms with Crippen molar-refractivity contribution in [3.05, 3.63) is 24.0 Å². The fourth-order valence-electron chi connectivity index (χ4n) is 1.16. The number of pyridine rings is 1. The molecule has 0 spiro atoms. The zero-order valence-electron chi connectivity index (χ0n) is 9.52. The number of ether oxygens (including phenoxy) is 3. The first-order valence-corrected chi connectivity index (χ1v) is 5.21. The molecule has 0 bridgehead atoms. The van der Waals surface area contributed by atoms with Gasteiger partial charge in [-0.15, -0.1) is 0 Å². The minimum atomic E-state index is 0.447. The van der Waals surface area contributed by atoms with E-state index in [2.05, 4.69) is 4.98 Å². The Morgan fingerprint density at radius 3 is 2.81 bits per heavy atom. The molecule has 0 atom stereocenters. The zero-order chi connectivity index (χ0) is 11.6. The zero-order valence-corrected chi connectivity index (χ0v) is 9.52. The molecule has 0 amide bonds. The van der Waals surface area contributed by atoms with Gasteiger partial charge in [-0.05, 0) is 6.07 Å². The van der Waals surface area contributed by atoms with Gasteiger partial charge in [-0.3, -0.25) is 4.98 Å². The highest BCUT2D eigenvalue weighted by atomic mass is 16.5. The van der Waals surface area contributed by atoms with Crippen LogP contribution in [0.2, 0.25) is 0 Å². The number of hydrogen-bond donors (Lipinski definition) is 1. The lowest BCUT2D eigenvalue weighted by molar-refractivity contribution is 0.0542. The number of methoxy groups -OCH3 is 1. The van der Waals surface area contributed by atoms with Gasteiger partial charge in [0.25, 0.3) is 0 Å².